The normalized spacial score (nSPS) is 13.6. The third kappa shape index (κ3) is 4.85. The van der Waals surface area contributed by atoms with Crippen LogP contribution in [0.5, 0.6) is 0 Å². The number of carbonyl (C=O) groups excluding carboxylic acids is 2. The van der Waals surface area contributed by atoms with E-state index in [0.29, 0.717) is 18.7 Å². The van der Waals surface area contributed by atoms with Crippen molar-refractivity contribution in [3.8, 4) is 0 Å². The number of aryl methyl sites for hydroxylation is 1. The van der Waals surface area contributed by atoms with E-state index in [1.807, 2.05) is 26.0 Å². The Morgan fingerprint density at radius 3 is 2.61 bits per heavy atom. The average Bonchev–Trinajstić information content (AvgIpc) is 2.76. The number of rotatable bonds is 6. The molecule has 31 heavy (non-hydrogen) atoms. The van der Waals surface area contributed by atoms with Crippen molar-refractivity contribution in [2.75, 3.05) is 24.5 Å². The van der Waals surface area contributed by atoms with Gasteiger partial charge in [0.1, 0.15) is 0 Å². The monoisotopic (exact) mass is 464 g/mol. The lowest BCUT2D eigenvalue weighted by Crippen LogP contribution is -2.36. The lowest BCUT2D eigenvalue weighted by atomic mass is 10.0. The smallest absolute Gasteiger partial charge is 0.340 e. The highest BCUT2D eigenvalue weighted by molar-refractivity contribution is 7.92. The molecule has 0 saturated carbocycles. The van der Waals surface area contributed by atoms with Crippen LogP contribution in [-0.4, -0.2) is 51.4 Å². The van der Waals surface area contributed by atoms with E-state index >= 15 is 0 Å². The van der Waals surface area contributed by atoms with E-state index in [4.69, 9.17) is 16.3 Å². The van der Waals surface area contributed by atoms with Gasteiger partial charge in [0, 0.05) is 19.6 Å². The molecule has 0 saturated heterocycles. The fourth-order valence-electron chi connectivity index (χ4n) is 3.29. The molecular weight excluding hydrogens is 440 g/mol. The van der Waals surface area contributed by atoms with Crippen LogP contribution in [0.1, 0.15) is 36.2 Å². The number of para-hydroxylation sites is 1. The Balaban J connectivity index is 1.86. The maximum atomic E-state index is 13.3. The number of esters is 1. The number of hydrogen-bond donors (Lipinski definition) is 0. The van der Waals surface area contributed by atoms with Crippen LogP contribution in [0.15, 0.2) is 47.4 Å². The SMILES string of the molecule is CC(C)N(C)C(=O)COC(=O)c1cc(S(=O)(=O)N2CCCc3ccccc32)ccc1Cl. The number of amides is 1. The second-order valence-electron chi connectivity index (χ2n) is 7.63. The molecule has 7 nitrogen and oxygen atoms in total. The van der Waals surface area contributed by atoms with Gasteiger partial charge in [-0.05, 0) is 56.5 Å². The summed E-state index contributed by atoms with van der Waals surface area (Å²) in [5.41, 5.74) is 1.49. The van der Waals surface area contributed by atoms with E-state index in [2.05, 4.69) is 0 Å². The number of hydrogen-bond acceptors (Lipinski definition) is 5. The Morgan fingerprint density at radius 1 is 1.19 bits per heavy atom. The third-order valence-corrected chi connectivity index (χ3v) is 7.45. The molecule has 0 aliphatic carbocycles. The minimum absolute atomic E-state index is 0.0457. The number of fused-ring (bicyclic) bond motifs is 1. The number of likely N-dealkylation sites (N-methyl/N-ethyl adjacent to an activating group) is 1. The molecule has 1 aliphatic heterocycles. The maximum absolute atomic E-state index is 13.3. The molecule has 0 aromatic heterocycles. The van der Waals surface area contributed by atoms with E-state index in [1.54, 1.807) is 19.2 Å². The van der Waals surface area contributed by atoms with Crippen molar-refractivity contribution in [3.63, 3.8) is 0 Å². The second-order valence-corrected chi connectivity index (χ2v) is 9.90. The standard InChI is InChI=1S/C22H25ClN2O5S/c1-15(2)24(3)21(26)14-30-22(27)18-13-17(10-11-19(18)23)31(28,29)25-12-6-8-16-7-4-5-9-20(16)25/h4-5,7,9-11,13,15H,6,8,12,14H2,1-3H3. The summed E-state index contributed by atoms with van der Waals surface area (Å²) in [6.45, 7) is 3.56. The van der Waals surface area contributed by atoms with Crippen molar-refractivity contribution >= 4 is 39.2 Å². The number of sulfonamides is 1. The first-order chi connectivity index (χ1) is 14.6. The number of carbonyl (C=O) groups is 2. The Bertz CT molecular complexity index is 1100. The number of halogens is 1. The molecule has 1 heterocycles. The molecule has 1 amide bonds. The topological polar surface area (TPSA) is 84.0 Å². The molecule has 0 N–H and O–H groups in total. The summed E-state index contributed by atoms with van der Waals surface area (Å²) in [5.74, 6) is -1.22. The van der Waals surface area contributed by atoms with Gasteiger partial charge in [0.25, 0.3) is 15.9 Å². The summed E-state index contributed by atoms with van der Waals surface area (Å²) in [6.07, 6.45) is 1.50. The van der Waals surface area contributed by atoms with Crippen molar-refractivity contribution in [3.05, 3.63) is 58.6 Å². The molecule has 0 unspecified atom stereocenters. The van der Waals surface area contributed by atoms with Crippen LogP contribution in [0, 0.1) is 0 Å². The van der Waals surface area contributed by atoms with Gasteiger partial charge in [-0.25, -0.2) is 13.2 Å². The average molecular weight is 465 g/mol. The summed E-state index contributed by atoms with van der Waals surface area (Å²) >= 11 is 6.13. The Hall–Kier alpha value is -2.58. The fourth-order valence-corrected chi connectivity index (χ4v) is 5.05. The van der Waals surface area contributed by atoms with Crippen LogP contribution < -0.4 is 4.31 Å². The van der Waals surface area contributed by atoms with Crippen molar-refractivity contribution in [1.82, 2.24) is 4.90 Å². The summed E-state index contributed by atoms with van der Waals surface area (Å²) in [7, 11) is -2.30. The highest BCUT2D eigenvalue weighted by Crippen LogP contribution is 2.32. The van der Waals surface area contributed by atoms with Crippen molar-refractivity contribution in [1.29, 1.82) is 0 Å². The molecule has 0 spiro atoms. The first-order valence-electron chi connectivity index (χ1n) is 9.96. The second kappa shape index (κ2) is 9.28. The third-order valence-electron chi connectivity index (χ3n) is 5.31. The van der Waals surface area contributed by atoms with Crippen molar-refractivity contribution < 1.29 is 22.7 Å². The quantitative estimate of drug-likeness (QED) is 0.611. The van der Waals surface area contributed by atoms with Crippen LogP contribution in [0.3, 0.4) is 0 Å². The van der Waals surface area contributed by atoms with Gasteiger partial charge in [-0.3, -0.25) is 9.10 Å². The molecule has 0 atom stereocenters. The highest BCUT2D eigenvalue weighted by atomic mass is 35.5. The van der Waals surface area contributed by atoms with Crippen molar-refractivity contribution in [2.45, 2.75) is 37.6 Å². The molecular formula is C22H25ClN2O5S. The Morgan fingerprint density at radius 2 is 1.90 bits per heavy atom. The zero-order valence-electron chi connectivity index (χ0n) is 17.7. The fraction of sp³-hybridized carbons (Fsp3) is 0.364. The summed E-state index contributed by atoms with van der Waals surface area (Å²) in [4.78, 5) is 26.0. The molecule has 1 aliphatic rings. The summed E-state index contributed by atoms with van der Waals surface area (Å²) < 4.78 is 33.1. The molecule has 166 valence electrons. The predicted molar refractivity (Wildman–Crippen MR) is 119 cm³/mol. The predicted octanol–water partition coefficient (Wildman–Crippen LogP) is 3.51. The van der Waals surface area contributed by atoms with E-state index in [9.17, 15) is 18.0 Å². The van der Waals surface area contributed by atoms with Crippen LogP contribution >= 0.6 is 11.6 Å². The zero-order chi connectivity index (χ0) is 22.8. The maximum Gasteiger partial charge on any atom is 0.340 e. The molecule has 3 rings (SSSR count). The van der Waals surface area contributed by atoms with Gasteiger partial charge in [0.2, 0.25) is 0 Å². The van der Waals surface area contributed by atoms with Gasteiger partial charge < -0.3 is 9.64 Å². The minimum Gasteiger partial charge on any atom is -0.452 e. The molecule has 9 heteroatoms. The summed E-state index contributed by atoms with van der Waals surface area (Å²) in [6, 6.07) is 11.2. The van der Waals surface area contributed by atoms with E-state index in [1.165, 1.54) is 27.4 Å². The van der Waals surface area contributed by atoms with E-state index in [0.717, 1.165) is 12.0 Å². The molecule has 0 bridgehead atoms. The van der Waals surface area contributed by atoms with E-state index in [-0.39, 0.29) is 27.4 Å². The van der Waals surface area contributed by atoms with Crippen molar-refractivity contribution in [2.24, 2.45) is 0 Å². The molecule has 0 radical (unpaired) electrons. The lowest BCUT2D eigenvalue weighted by molar-refractivity contribution is -0.134. The summed E-state index contributed by atoms with van der Waals surface area (Å²) in [5, 5.41) is 0.0488. The molecule has 0 fully saturated rings. The van der Waals surface area contributed by atoms with Gasteiger partial charge in [-0.15, -0.1) is 0 Å². The zero-order valence-corrected chi connectivity index (χ0v) is 19.2. The number of ether oxygens (including phenoxy) is 1. The highest BCUT2D eigenvalue weighted by Gasteiger charge is 2.30. The van der Waals surface area contributed by atoms with Crippen LogP contribution in [0.4, 0.5) is 5.69 Å². The first kappa shape index (κ1) is 23.1. The minimum atomic E-state index is -3.91. The van der Waals surface area contributed by atoms with Crippen LogP contribution in [0.2, 0.25) is 5.02 Å². The Labute approximate surface area is 187 Å². The molecule has 2 aromatic rings. The molecule has 2 aromatic carbocycles. The van der Waals surface area contributed by atoms with Crippen LogP contribution in [-0.2, 0) is 26.0 Å². The first-order valence-corrected chi connectivity index (χ1v) is 11.8. The lowest BCUT2D eigenvalue weighted by Gasteiger charge is -2.30. The van der Waals surface area contributed by atoms with Gasteiger partial charge in [-0.2, -0.15) is 0 Å². The van der Waals surface area contributed by atoms with Gasteiger partial charge >= 0.3 is 5.97 Å². The van der Waals surface area contributed by atoms with Gasteiger partial charge in [0.05, 0.1) is 21.2 Å². The number of anilines is 1. The van der Waals surface area contributed by atoms with Crippen LogP contribution in [0.25, 0.3) is 0 Å². The Kier molecular flexibility index (Phi) is 6.91. The number of benzene rings is 2. The van der Waals surface area contributed by atoms with Gasteiger partial charge in [0.15, 0.2) is 6.61 Å². The largest absolute Gasteiger partial charge is 0.452 e. The van der Waals surface area contributed by atoms with E-state index < -0.39 is 22.6 Å². The van der Waals surface area contributed by atoms with Gasteiger partial charge in [-0.1, -0.05) is 29.8 Å². The number of nitrogens with zero attached hydrogens (tertiary/aromatic N) is 2.